The van der Waals surface area contributed by atoms with Crippen molar-refractivity contribution in [3.63, 3.8) is 0 Å². The Morgan fingerprint density at radius 1 is 0.295 bits per heavy atom. The molecule has 0 saturated heterocycles. The Balaban J connectivity index is 0.979. The maximum Gasteiger partial charge on any atom is 0.0620 e. The standard InChI is InChI=1S/C58H37N3/c1-3-13-41(14-4-1)59(42-15-5-2-6-16-42)43-28-25-38(26-29-43)46-34-27-39-23-24-40-37-52-49-19-9-12-22-55(49)61(58(52)51-36-35-50(46)56(39)57(40)51)45-32-30-44(31-33-45)60-53-20-10-7-17-47(53)48-18-8-11-21-54(48)60/h1-37H. The Morgan fingerprint density at radius 3 is 1.38 bits per heavy atom. The van der Waals surface area contributed by atoms with Crippen molar-refractivity contribution in [2.75, 3.05) is 4.90 Å². The zero-order chi connectivity index (χ0) is 40.0. The van der Waals surface area contributed by atoms with Gasteiger partial charge >= 0.3 is 0 Å². The quantitative estimate of drug-likeness (QED) is 0.153. The SMILES string of the molecule is c1ccc(N(c2ccccc2)c2ccc(-c3ccc4ccc5cc6c7ccccc7n(-c7ccc(-n8c9ccccc9c9ccccc98)cc7)c6c6ccc3c4c56)cc2)cc1. The number of hydrogen-bond donors (Lipinski definition) is 0. The van der Waals surface area contributed by atoms with Crippen molar-refractivity contribution < 1.29 is 0 Å². The summed E-state index contributed by atoms with van der Waals surface area (Å²) in [5, 5.41) is 12.7. The molecule has 0 aliphatic heterocycles. The van der Waals surface area contributed by atoms with Gasteiger partial charge in [-0.25, -0.2) is 0 Å². The summed E-state index contributed by atoms with van der Waals surface area (Å²) in [4.78, 5) is 2.32. The van der Waals surface area contributed by atoms with Crippen LogP contribution in [0.15, 0.2) is 224 Å². The van der Waals surface area contributed by atoms with Crippen LogP contribution in [0.5, 0.6) is 0 Å². The van der Waals surface area contributed by atoms with Gasteiger partial charge in [-0.3, -0.25) is 0 Å². The zero-order valence-electron chi connectivity index (χ0n) is 33.2. The van der Waals surface area contributed by atoms with Crippen molar-refractivity contribution in [1.82, 2.24) is 9.13 Å². The largest absolute Gasteiger partial charge is 0.311 e. The van der Waals surface area contributed by atoms with Crippen LogP contribution in [0.2, 0.25) is 0 Å². The van der Waals surface area contributed by atoms with Gasteiger partial charge in [0.2, 0.25) is 0 Å². The number of benzene rings is 11. The smallest absolute Gasteiger partial charge is 0.0620 e. The molecule has 0 saturated carbocycles. The molecule has 61 heavy (non-hydrogen) atoms. The molecular weight excluding hydrogens is 739 g/mol. The lowest BCUT2D eigenvalue weighted by molar-refractivity contribution is 1.15. The maximum absolute atomic E-state index is 2.48. The van der Waals surface area contributed by atoms with E-state index in [0.717, 1.165) is 28.4 Å². The van der Waals surface area contributed by atoms with Crippen molar-refractivity contribution in [1.29, 1.82) is 0 Å². The van der Waals surface area contributed by atoms with Crippen LogP contribution < -0.4 is 4.90 Å². The van der Waals surface area contributed by atoms with Gasteiger partial charge in [-0.05, 0) is 123 Å². The maximum atomic E-state index is 2.48. The van der Waals surface area contributed by atoms with Gasteiger partial charge in [0.1, 0.15) is 0 Å². The predicted molar refractivity (Wildman–Crippen MR) is 259 cm³/mol. The molecule has 13 aromatic rings. The molecule has 3 nitrogen and oxygen atoms in total. The molecule has 3 heteroatoms. The summed E-state index contributed by atoms with van der Waals surface area (Å²) in [6, 6.07) is 82.1. The molecule has 0 fully saturated rings. The van der Waals surface area contributed by atoms with Gasteiger partial charge in [0.05, 0.1) is 22.1 Å². The van der Waals surface area contributed by atoms with Crippen LogP contribution in [0.1, 0.15) is 0 Å². The number of anilines is 3. The number of para-hydroxylation sites is 5. The second-order valence-electron chi connectivity index (χ2n) is 16.1. The van der Waals surface area contributed by atoms with Gasteiger partial charge in [-0.1, -0.05) is 140 Å². The van der Waals surface area contributed by atoms with Gasteiger partial charge in [-0.2, -0.15) is 0 Å². The van der Waals surface area contributed by atoms with E-state index in [9.17, 15) is 0 Å². The first-order valence-electron chi connectivity index (χ1n) is 21.0. The molecule has 0 amide bonds. The minimum atomic E-state index is 1.12. The predicted octanol–water partition coefficient (Wildman–Crippen LogP) is 15.9. The molecule has 0 spiro atoms. The molecule has 0 aliphatic carbocycles. The Bertz CT molecular complexity index is 3690. The normalized spacial score (nSPS) is 11.9. The van der Waals surface area contributed by atoms with Crippen LogP contribution >= 0.6 is 0 Å². The number of aromatic nitrogens is 2. The second kappa shape index (κ2) is 13.2. The third-order valence-electron chi connectivity index (χ3n) is 12.8. The van der Waals surface area contributed by atoms with Crippen molar-refractivity contribution in [2.45, 2.75) is 0 Å². The lowest BCUT2D eigenvalue weighted by Crippen LogP contribution is -2.09. The molecule has 13 rings (SSSR count). The summed E-state index contributed by atoms with van der Waals surface area (Å²) in [7, 11) is 0. The van der Waals surface area contributed by atoms with Crippen LogP contribution in [0.3, 0.4) is 0 Å². The average Bonchev–Trinajstić information content (AvgIpc) is 3.85. The Morgan fingerprint density at radius 2 is 0.754 bits per heavy atom. The molecule has 0 aliphatic rings. The second-order valence-corrected chi connectivity index (χ2v) is 16.1. The Hall–Kier alpha value is -8.14. The molecule has 284 valence electrons. The van der Waals surface area contributed by atoms with Crippen molar-refractivity contribution >= 4 is 93.0 Å². The third-order valence-corrected chi connectivity index (χ3v) is 12.8. The first-order chi connectivity index (χ1) is 30.3. The van der Waals surface area contributed by atoms with Crippen molar-refractivity contribution in [2.24, 2.45) is 0 Å². The van der Waals surface area contributed by atoms with E-state index in [0.29, 0.717) is 0 Å². The van der Waals surface area contributed by atoms with Gasteiger partial charge in [0.25, 0.3) is 0 Å². The molecule has 0 atom stereocenters. The molecular formula is C58H37N3. The van der Waals surface area contributed by atoms with Crippen LogP contribution in [-0.4, -0.2) is 9.13 Å². The number of hydrogen-bond acceptors (Lipinski definition) is 1. The number of rotatable bonds is 6. The van der Waals surface area contributed by atoms with Gasteiger partial charge in [0.15, 0.2) is 0 Å². The number of fused-ring (bicyclic) bond motifs is 7. The minimum absolute atomic E-state index is 1.12. The molecule has 2 heterocycles. The fourth-order valence-electron chi connectivity index (χ4n) is 10.2. The average molecular weight is 776 g/mol. The summed E-state index contributed by atoms with van der Waals surface area (Å²) in [6.45, 7) is 0. The van der Waals surface area contributed by atoms with Crippen LogP contribution in [-0.2, 0) is 0 Å². The third kappa shape index (κ3) is 5.04. The van der Waals surface area contributed by atoms with E-state index in [4.69, 9.17) is 0 Å². The topological polar surface area (TPSA) is 13.1 Å². The van der Waals surface area contributed by atoms with E-state index in [-0.39, 0.29) is 0 Å². The first kappa shape index (κ1) is 33.8. The first-order valence-corrected chi connectivity index (χ1v) is 21.0. The Kier molecular flexibility index (Phi) is 7.31. The van der Waals surface area contributed by atoms with E-state index in [1.54, 1.807) is 0 Å². The van der Waals surface area contributed by atoms with E-state index in [2.05, 4.69) is 238 Å². The molecule has 0 bridgehead atoms. The van der Waals surface area contributed by atoms with Crippen molar-refractivity contribution in [3.05, 3.63) is 224 Å². The summed E-state index contributed by atoms with van der Waals surface area (Å²) in [5.41, 5.74) is 13.0. The molecule has 0 N–H and O–H groups in total. The fraction of sp³-hybridized carbons (Fsp3) is 0. The lowest BCUT2D eigenvalue weighted by Gasteiger charge is -2.25. The van der Waals surface area contributed by atoms with Crippen LogP contribution in [0, 0.1) is 0 Å². The Labute approximate surface area is 352 Å². The van der Waals surface area contributed by atoms with E-state index in [1.165, 1.54) is 87.1 Å². The highest BCUT2D eigenvalue weighted by Gasteiger charge is 2.21. The summed E-state index contributed by atoms with van der Waals surface area (Å²) >= 11 is 0. The lowest BCUT2D eigenvalue weighted by atomic mass is 9.89. The number of nitrogens with zero attached hydrogens (tertiary/aromatic N) is 3. The van der Waals surface area contributed by atoms with Crippen LogP contribution in [0.4, 0.5) is 17.1 Å². The van der Waals surface area contributed by atoms with E-state index in [1.807, 2.05) is 0 Å². The monoisotopic (exact) mass is 775 g/mol. The fourth-order valence-corrected chi connectivity index (χ4v) is 10.2. The van der Waals surface area contributed by atoms with E-state index >= 15 is 0 Å². The van der Waals surface area contributed by atoms with Crippen molar-refractivity contribution in [3.8, 4) is 22.5 Å². The summed E-state index contributed by atoms with van der Waals surface area (Å²) < 4.78 is 4.87. The van der Waals surface area contributed by atoms with Gasteiger partial charge in [-0.15, -0.1) is 0 Å². The summed E-state index contributed by atoms with van der Waals surface area (Å²) in [6.07, 6.45) is 0. The molecule has 0 radical (unpaired) electrons. The summed E-state index contributed by atoms with van der Waals surface area (Å²) in [5.74, 6) is 0. The highest BCUT2D eigenvalue weighted by Crippen LogP contribution is 2.45. The minimum Gasteiger partial charge on any atom is -0.311 e. The zero-order valence-corrected chi connectivity index (χ0v) is 33.2. The van der Waals surface area contributed by atoms with Gasteiger partial charge in [0, 0.05) is 55.4 Å². The van der Waals surface area contributed by atoms with Crippen LogP contribution in [0.25, 0.3) is 98.4 Å². The van der Waals surface area contributed by atoms with Gasteiger partial charge < -0.3 is 14.0 Å². The highest BCUT2D eigenvalue weighted by molar-refractivity contribution is 6.32. The molecule has 2 aromatic heterocycles. The molecule has 0 unspecified atom stereocenters. The molecule has 11 aromatic carbocycles. The van der Waals surface area contributed by atoms with E-state index < -0.39 is 0 Å². The highest BCUT2D eigenvalue weighted by atomic mass is 15.1.